The number of nitrogens with zero attached hydrogens (tertiary/aromatic N) is 5. The van der Waals surface area contributed by atoms with Crippen LogP contribution >= 0.6 is 0 Å². The van der Waals surface area contributed by atoms with Crippen LogP contribution in [0.15, 0.2) is 48.9 Å². The molecule has 3 heterocycles. The Morgan fingerprint density at radius 3 is 2.66 bits per heavy atom. The van der Waals surface area contributed by atoms with Gasteiger partial charge in [0.2, 0.25) is 0 Å². The number of carbonyl (C=O) groups is 1. The summed E-state index contributed by atoms with van der Waals surface area (Å²) in [5, 5.41) is 2.90. The number of rotatable bonds is 6. The lowest BCUT2D eigenvalue weighted by molar-refractivity contribution is 0.102. The third-order valence-electron chi connectivity index (χ3n) is 5.49. The molecule has 1 aliphatic heterocycles. The number of aromatic nitrogens is 3. The summed E-state index contributed by atoms with van der Waals surface area (Å²) < 4.78 is 5.43. The van der Waals surface area contributed by atoms with E-state index >= 15 is 0 Å². The highest BCUT2D eigenvalue weighted by molar-refractivity contribution is 6.07. The van der Waals surface area contributed by atoms with Crippen LogP contribution in [-0.4, -0.2) is 60.8 Å². The molecule has 1 amide bonds. The second-order valence-corrected chi connectivity index (χ2v) is 7.50. The molecule has 0 saturated carbocycles. The highest BCUT2D eigenvalue weighted by Gasteiger charge is 2.19. The maximum atomic E-state index is 13.1. The molecule has 4 rings (SSSR count). The van der Waals surface area contributed by atoms with Crippen molar-refractivity contribution in [1.82, 2.24) is 15.0 Å². The summed E-state index contributed by atoms with van der Waals surface area (Å²) in [5.41, 5.74) is 10.1. The van der Waals surface area contributed by atoms with Crippen LogP contribution in [0.1, 0.15) is 17.4 Å². The Bertz CT molecular complexity index is 1080. The molecule has 32 heavy (non-hydrogen) atoms. The van der Waals surface area contributed by atoms with Gasteiger partial charge in [-0.05, 0) is 25.1 Å². The van der Waals surface area contributed by atoms with E-state index in [1.165, 1.54) is 0 Å². The number of benzene rings is 1. The minimum Gasteiger partial charge on any atom is -0.382 e. The Balaban J connectivity index is 1.57. The zero-order chi connectivity index (χ0) is 22.5. The molecule has 3 aromatic rings. The smallest absolute Gasteiger partial charge is 0.278 e. The SMILES string of the molecule is CCN(C)c1ccc(-c2cnc(N)c(C(=O)Nc3cnccc3N3CCOCC3)n2)cc1. The van der Waals surface area contributed by atoms with E-state index in [-0.39, 0.29) is 11.5 Å². The molecule has 1 aromatic carbocycles. The monoisotopic (exact) mass is 433 g/mol. The Kier molecular flexibility index (Phi) is 6.46. The van der Waals surface area contributed by atoms with Gasteiger partial charge < -0.3 is 25.6 Å². The standard InChI is InChI=1S/C23H27N7O2/c1-3-29(2)17-6-4-16(5-7-17)18-15-26-22(24)21(27-18)23(31)28-19-14-25-9-8-20(19)30-10-12-32-13-11-30/h4-9,14-15H,3,10-13H2,1-2H3,(H2,24,26)(H,28,31). The van der Waals surface area contributed by atoms with Gasteiger partial charge in [-0.1, -0.05) is 12.1 Å². The molecule has 9 heteroatoms. The highest BCUT2D eigenvalue weighted by Crippen LogP contribution is 2.27. The molecule has 2 aromatic heterocycles. The molecule has 3 N–H and O–H groups in total. The van der Waals surface area contributed by atoms with Crippen molar-refractivity contribution in [3.05, 3.63) is 54.6 Å². The largest absolute Gasteiger partial charge is 0.382 e. The summed E-state index contributed by atoms with van der Waals surface area (Å²) in [6, 6.07) is 9.82. The summed E-state index contributed by atoms with van der Waals surface area (Å²) in [4.78, 5) is 30.2. The fourth-order valence-corrected chi connectivity index (χ4v) is 3.52. The van der Waals surface area contributed by atoms with Crippen molar-refractivity contribution < 1.29 is 9.53 Å². The van der Waals surface area contributed by atoms with Crippen LogP contribution in [0.25, 0.3) is 11.3 Å². The molecule has 0 radical (unpaired) electrons. The first-order valence-electron chi connectivity index (χ1n) is 10.6. The Hall–Kier alpha value is -3.72. The van der Waals surface area contributed by atoms with Gasteiger partial charge in [-0.15, -0.1) is 0 Å². The number of morpholine rings is 1. The summed E-state index contributed by atoms with van der Waals surface area (Å²) in [5.74, 6) is -0.355. The van der Waals surface area contributed by atoms with Crippen molar-refractivity contribution in [1.29, 1.82) is 0 Å². The van der Waals surface area contributed by atoms with Gasteiger partial charge in [0.25, 0.3) is 5.91 Å². The first-order chi connectivity index (χ1) is 15.6. The van der Waals surface area contributed by atoms with Crippen LogP contribution in [0.5, 0.6) is 0 Å². The van der Waals surface area contributed by atoms with Crippen LogP contribution in [0.3, 0.4) is 0 Å². The first kappa shape index (κ1) is 21.5. The topological polar surface area (TPSA) is 110 Å². The van der Waals surface area contributed by atoms with Crippen molar-refractivity contribution in [2.45, 2.75) is 6.92 Å². The van der Waals surface area contributed by atoms with Gasteiger partial charge in [0.05, 0.1) is 42.7 Å². The number of nitrogen functional groups attached to an aromatic ring is 1. The number of hydrogen-bond acceptors (Lipinski definition) is 8. The van der Waals surface area contributed by atoms with Gasteiger partial charge in [0.1, 0.15) is 0 Å². The van der Waals surface area contributed by atoms with E-state index in [1.807, 2.05) is 37.4 Å². The number of carbonyl (C=O) groups excluding carboxylic acids is 1. The van der Waals surface area contributed by atoms with E-state index in [1.54, 1.807) is 18.6 Å². The van der Waals surface area contributed by atoms with Crippen molar-refractivity contribution in [3.63, 3.8) is 0 Å². The quantitative estimate of drug-likeness (QED) is 0.611. The van der Waals surface area contributed by atoms with E-state index < -0.39 is 5.91 Å². The molecule has 1 aliphatic rings. The van der Waals surface area contributed by atoms with Gasteiger partial charge >= 0.3 is 0 Å². The average molecular weight is 434 g/mol. The van der Waals surface area contributed by atoms with Gasteiger partial charge in [-0.25, -0.2) is 9.97 Å². The van der Waals surface area contributed by atoms with Crippen LogP contribution < -0.4 is 20.9 Å². The van der Waals surface area contributed by atoms with Gasteiger partial charge in [-0.3, -0.25) is 9.78 Å². The lowest BCUT2D eigenvalue weighted by Gasteiger charge is -2.30. The molecule has 0 aliphatic carbocycles. The summed E-state index contributed by atoms with van der Waals surface area (Å²) in [6.07, 6.45) is 4.90. The molecule has 0 unspecified atom stereocenters. The van der Waals surface area contributed by atoms with Crippen LogP contribution in [0, 0.1) is 0 Å². The van der Waals surface area contributed by atoms with Crippen molar-refractivity contribution in [2.24, 2.45) is 0 Å². The molecule has 1 fully saturated rings. The van der Waals surface area contributed by atoms with Crippen LogP contribution in [0.2, 0.25) is 0 Å². The third kappa shape index (κ3) is 4.62. The Morgan fingerprint density at radius 1 is 1.19 bits per heavy atom. The lowest BCUT2D eigenvalue weighted by Crippen LogP contribution is -2.36. The minimum atomic E-state index is -0.429. The zero-order valence-corrected chi connectivity index (χ0v) is 18.3. The molecule has 1 saturated heterocycles. The highest BCUT2D eigenvalue weighted by atomic mass is 16.5. The van der Waals surface area contributed by atoms with Gasteiger partial charge in [0.15, 0.2) is 11.5 Å². The fourth-order valence-electron chi connectivity index (χ4n) is 3.52. The summed E-state index contributed by atoms with van der Waals surface area (Å²) in [7, 11) is 2.03. The number of nitrogens with one attached hydrogen (secondary N) is 1. The van der Waals surface area contributed by atoms with E-state index in [4.69, 9.17) is 10.5 Å². The lowest BCUT2D eigenvalue weighted by atomic mass is 10.1. The summed E-state index contributed by atoms with van der Waals surface area (Å²) >= 11 is 0. The predicted molar refractivity (Wildman–Crippen MR) is 126 cm³/mol. The molecule has 0 atom stereocenters. The molecule has 0 spiro atoms. The fraction of sp³-hybridized carbons (Fsp3) is 0.304. The Labute approximate surface area is 187 Å². The average Bonchev–Trinajstić information content (AvgIpc) is 2.85. The van der Waals surface area contributed by atoms with Crippen molar-refractivity contribution >= 4 is 28.8 Å². The number of hydrogen-bond donors (Lipinski definition) is 2. The molecular formula is C23H27N7O2. The Morgan fingerprint density at radius 2 is 1.94 bits per heavy atom. The van der Waals surface area contributed by atoms with E-state index in [0.717, 1.165) is 36.6 Å². The minimum absolute atomic E-state index is 0.0744. The number of ether oxygens (including phenoxy) is 1. The normalized spacial score (nSPS) is 13.6. The van der Waals surface area contributed by atoms with Crippen LogP contribution in [0.4, 0.5) is 22.9 Å². The zero-order valence-electron chi connectivity index (χ0n) is 18.3. The maximum absolute atomic E-state index is 13.1. The van der Waals surface area contributed by atoms with E-state index in [2.05, 4.69) is 37.0 Å². The first-order valence-corrected chi connectivity index (χ1v) is 10.6. The number of anilines is 4. The molecular weight excluding hydrogens is 406 g/mol. The second kappa shape index (κ2) is 9.61. The van der Waals surface area contributed by atoms with E-state index in [0.29, 0.717) is 24.6 Å². The van der Waals surface area contributed by atoms with Crippen molar-refractivity contribution in [3.8, 4) is 11.3 Å². The number of nitrogens with two attached hydrogens (primary N) is 1. The molecule has 0 bridgehead atoms. The maximum Gasteiger partial charge on any atom is 0.278 e. The van der Waals surface area contributed by atoms with E-state index in [9.17, 15) is 4.79 Å². The van der Waals surface area contributed by atoms with Crippen LogP contribution in [-0.2, 0) is 4.74 Å². The third-order valence-corrected chi connectivity index (χ3v) is 5.49. The van der Waals surface area contributed by atoms with Gasteiger partial charge in [-0.2, -0.15) is 0 Å². The predicted octanol–water partition coefficient (Wildman–Crippen LogP) is 2.67. The number of amides is 1. The molecule has 9 nitrogen and oxygen atoms in total. The second-order valence-electron chi connectivity index (χ2n) is 7.50. The molecule has 166 valence electrons. The van der Waals surface area contributed by atoms with Crippen molar-refractivity contribution in [2.75, 3.05) is 60.7 Å². The van der Waals surface area contributed by atoms with Gasteiger partial charge in [0, 0.05) is 44.1 Å². The summed E-state index contributed by atoms with van der Waals surface area (Å²) in [6.45, 7) is 5.77. The number of pyridine rings is 1.